The summed E-state index contributed by atoms with van der Waals surface area (Å²) >= 11 is 1.84. The number of anilines is 1. The SMILES string of the molecule is Cc1ccc(N2CCO[C@H]3CN(Cc4cccs4)CC[C@H]3C2)nn1. The summed E-state index contributed by atoms with van der Waals surface area (Å²) in [6, 6.07) is 8.47. The number of nitrogens with zero attached hydrogens (tertiary/aromatic N) is 4. The Kier molecular flexibility index (Phi) is 4.78. The largest absolute Gasteiger partial charge is 0.375 e. The van der Waals surface area contributed by atoms with E-state index in [9.17, 15) is 0 Å². The molecular weight excluding hydrogens is 320 g/mol. The van der Waals surface area contributed by atoms with Crippen LogP contribution in [0.25, 0.3) is 0 Å². The predicted molar refractivity (Wildman–Crippen MR) is 96.4 cm³/mol. The zero-order valence-corrected chi connectivity index (χ0v) is 14.9. The molecule has 2 aliphatic heterocycles. The average Bonchev–Trinajstić information content (AvgIpc) is 3.00. The first kappa shape index (κ1) is 16.0. The van der Waals surface area contributed by atoms with Crippen molar-refractivity contribution in [2.75, 3.05) is 37.7 Å². The van der Waals surface area contributed by atoms with Gasteiger partial charge >= 0.3 is 0 Å². The van der Waals surface area contributed by atoms with Gasteiger partial charge in [-0.3, -0.25) is 4.90 Å². The van der Waals surface area contributed by atoms with E-state index in [-0.39, 0.29) is 0 Å². The Morgan fingerprint density at radius 1 is 1.21 bits per heavy atom. The van der Waals surface area contributed by atoms with Gasteiger partial charge in [0.05, 0.1) is 18.4 Å². The molecule has 6 heteroatoms. The monoisotopic (exact) mass is 344 g/mol. The van der Waals surface area contributed by atoms with Crippen LogP contribution in [0.5, 0.6) is 0 Å². The van der Waals surface area contributed by atoms with Crippen LogP contribution in [0.2, 0.25) is 0 Å². The summed E-state index contributed by atoms with van der Waals surface area (Å²) in [6.07, 6.45) is 1.52. The summed E-state index contributed by atoms with van der Waals surface area (Å²) in [6.45, 7) is 7.90. The minimum Gasteiger partial charge on any atom is -0.375 e. The summed E-state index contributed by atoms with van der Waals surface area (Å²) in [5, 5.41) is 10.7. The number of hydrogen-bond acceptors (Lipinski definition) is 6. The summed E-state index contributed by atoms with van der Waals surface area (Å²) < 4.78 is 6.20. The molecule has 0 aliphatic carbocycles. The summed E-state index contributed by atoms with van der Waals surface area (Å²) in [4.78, 5) is 6.32. The summed E-state index contributed by atoms with van der Waals surface area (Å²) in [7, 11) is 0. The average molecular weight is 344 g/mol. The van der Waals surface area contributed by atoms with Gasteiger partial charge in [-0.05, 0) is 43.5 Å². The minimum absolute atomic E-state index is 0.335. The van der Waals surface area contributed by atoms with E-state index in [1.807, 2.05) is 24.3 Å². The lowest BCUT2D eigenvalue weighted by Crippen LogP contribution is -2.46. The minimum atomic E-state index is 0.335. The highest BCUT2D eigenvalue weighted by atomic mass is 32.1. The van der Waals surface area contributed by atoms with Crippen LogP contribution in [0.1, 0.15) is 17.0 Å². The Labute approximate surface area is 147 Å². The molecule has 2 aromatic heterocycles. The van der Waals surface area contributed by atoms with Crippen LogP contribution in [-0.4, -0.2) is 54.0 Å². The van der Waals surface area contributed by atoms with Gasteiger partial charge in [0.15, 0.2) is 5.82 Å². The Morgan fingerprint density at radius 2 is 2.17 bits per heavy atom. The number of aryl methyl sites for hydroxylation is 1. The Hall–Kier alpha value is -1.50. The molecule has 2 aromatic rings. The lowest BCUT2D eigenvalue weighted by molar-refractivity contribution is -0.0236. The molecule has 4 heterocycles. The topological polar surface area (TPSA) is 41.5 Å². The van der Waals surface area contributed by atoms with Gasteiger partial charge in [-0.25, -0.2) is 0 Å². The number of thiophene rings is 1. The van der Waals surface area contributed by atoms with Crippen LogP contribution in [0.3, 0.4) is 0 Å². The second kappa shape index (κ2) is 7.17. The van der Waals surface area contributed by atoms with E-state index in [0.29, 0.717) is 12.0 Å². The van der Waals surface area contributed by atoms with Gasteiger partial charge < -0.3 is 9.64 Å². The van der Waals surface area contributed by atoms with Crippen molar-refractivity contribution in [3.05, 3.63) is 40.2 Å². The molecule has 0 amide bonds. The Bertz CT molecular complexity index is 646. The van der Waals surface area contributed by atoms with E-state index in [0.717, 1.165) is 50.8 Å². The molecule has 0 bridgehead atoms. The van der Waals surface area contributed by atoms with E-state index in [4.69, 9.17) is 4.74 Å². The third-order valence-electron chi connectivity index (χ3n) is 5.00. The van der Waals surface area contributed by atoms with E-state index >= 15 is 0 Å². The predicted octanol–water partition coefficient (Wildman–Crippen LogP) is 2.57. The molecule has 0 saturated carbocycles. The van der Waals surface area contributed by atoms with Gasteiger partial charge in [0.25, 0.3) is 0 Å². The number of rotatable bonds is 3. The van der Waals surface area contributed by atoms with Crippen molar-refractivity contribution < 1.29 is 4.74 Å². The van der Waals surface area contributed by atoms with Crippen LogP contribution in [0.15, 0.2) is 29.6 Å². The Balaban J connectivity index is 1.40. The fourth-order valence-electron chi connectivity index (χ4n) is 3.65. The molecule has 0 radical (unpaired) electrons. The number of fused-ring (bicyclic) bond motifs is 1. The lowest BCUT2D eigenvalue weighted by Gasteiger charge is -2.37. The van der Waals surface area contributed by atoms with Gasteiger partial charge in [-0.1, -0.05) is 6.07 Å². The van der Waals surface area contributed by atoms with Crippen molar-refractivity contribution in [2.24, 2.45) is 5.92 Å². The molecule has 0 N–H and O–H groups in total. The normalized spacial score (nSPS) is 25.3. The second-order valence-electron chi connectivity index (χ2n) is 6.75. The Morgan fingerprint density at radius 3 is 2.96 bits per heavy atom. The molecule has 4 rings (SSSR count). The lowest BCUT2D eigenvalue weighted by atomic mass is 9.93. The summed E-state index contributed by atoms with van der Waals surface area (Å²) in [5.74, 6) is 1.56. The third-order valence-corrected chi connectivity index (χ3v) is 5.86. The van der Waals surface area contributed by atoms with Crippen LogP contribution in [0, 0.1) is 12.8 Å². The van der Waals surface area contributed by atoms with Crippen LogP contribution in [0.4, 0.5) is 5.82 Å². The molecule has 128 valence electrons. The standard InChI is InChI=1S/C18H24N4OS/c1-14-4-5-18(20-19-14)22-8-9-23-17-13-21(7-6-15(17)11-22)12-16-3-2-10-24-16/h2-5,10,15,17H,6-9,11-13H2,1H3/t15-,17-/m0/s1. The van der Waals surface area contributed by atoms with Crippen molar-refractivity contribution in [3.63, 3.8) is 0 Å². The maximum Gasteiger partial charge on any atom is 0.151 e. The molecular formula is C18H24N4OS. The maximum atomic E-state index is 6.20. The number of likely N-dealkylation sites (tertiary alicyclic amines) is 1. The molecule has 2 aliphatic rings. The van der Waals surface area contributed by atoms with Crippen molar-refractivity contribution in [2.45, 2.75) is 26.0 Å². The van der Waals surface area contributed by atoms with Crippen molar-refractivity contribution >= 4 is 17.2 Å². The number of piperidine rings is 1. The van der Waals surface area contributed by atoms with Gasteiger partial charge in [-0.15, -0.1) is 16.4 Å². The maximum absolute atomic E-state index is 6.20. The smallest absolute Gasteiger partial charge is 0.151 e. The first-order valence-corrected chi connectivity index (χ1v) is 9.57. The van der Waals surface area contributed by atoms with E-state index in [1.54, 1.807) is 0 Å². The molecule has 0 spiro atoms. The fraction of sp³-hybridized carbons (Fsp3) is 0.556. The molecule has 0 aromatic carbocycles. The highest BCUT2D eigenvalue weighted by Crippen LogP contribution is 2.27. The zero-order chi connectivity index (χ0) is 16.4. The van der Waals surface area contributed by atoms with E-state index < -0.39 is 0 Å². The van der Waals surface area contributed by atoms with Gasteiger partial charge in [0.1, 0.15) is 0 Å². The highest BCUT2D eigenvalue weighted by molar-refractivity contribution is 7.09. The van der Waals surface area contributed by atoms with Crippen molar-refractivity contribution in [3.8, 4) is 0 Å². The summed E-state index contributed by atoms with van der Waals surface area (Å²) in [5.41, 5.74) is 0.963. The molecule has 5 nitrogen and oxygen atoms in total. The number of hydrogen-bond donors (Lipinski definition) is 0. The third kappa shape index (κ3) is 3.61. The molecule has 2 atom stereocenters. The molecule has 24 heavy (non-hydrogen) atoms. The number of ether oxygens (including phenoxy) is 1. The van der Waals surface area contributed by atoms with E-state index in [1.165, 1.54) is 11.3 Å². The quantitative estimate of drug-likeness (QED) is 0.856. The van der Waals surface area contributed by atoms with E-state index in [2.05, 4.69) is 43.6 Å². The molecule has 2 saturated heterocycles. The molecule has 0 unspecified atom stereocenters. The first-order valence-electron chi connectivity index (χ1n) is 8.69. The van der Waals surface area contributed by atoms with Gasteiger partial charge in [0, 0.05) is 37.0 Å². The number of aromatic nitrogens is 2. The van der Waals surface area contributed by atoms with Crippen LogP contribution in [-0.2, 0) is 11.3 Å². The first-order chi connectivity index (χ1) is 11.8. The second-order valence-corrected chi connectivity index (χ2v) is 7.78. The van der Waals surface area contributed by atoms with Crippen molar-refractivity contribution in [1.82, 2.24) is 15.1 Å². The van der Waals surface area contributed by atoms with Gasteiger partial charge in [-0.2, -0.15) is 5.10 Å². The van der Waals surface area contributed by atoms with Gasteiger partial charge in [0.2, 0.25) is 0 Å². The van der Waals surface area contributed by atoms with Crippen LogP contribution < -0.4 is 4.90 Å². The van der Waals surface area contributed by atoms with Crippen LogP contribution >= 0.6 is 11.3 Å². The van der Waals surface area contributed by atoms with Crippen molar-refractivity contribution in [1.29, 1.82) is 0 Å². The highest BCUT2D eigenvalue weighted by Gasteiger charge is 2.33. The fourth-order valence-corrected chi connectivity index (χ4v) is 4.40. The molecule has 2 fully saturated rings. The zero-order valence-electron chi connectivity index (χ0n) is 14.1.